The van der Waals surface area contributed by atoms with Gasteiger partial charge in [0, 0.05) is 24.7 Å². The standard InChI is InChI=1S/C15H24N2O5S.C2H6.CH2O2/c1-11-7-5-6-8-17(11)23(18,19)16-12-9-13(20-2)15(22-4)14(10-12)21-3;1-2;2-1-3/h9-11,16H,5-8H2,1-4H3;1-2H3;1H,(H,2,3). The largest absolute Gasteiger partial charge is 0.493 e. The van der Waals surface area contributed by atoms with Crippen LogP contribution in [0.1, 0.15) is 40.0 Å². The Bertz CT molecular complexity index is 670. The minimum atomic E-state index is -3.62. The van der Waals surface area contributed by atoms with Crippen LogP contribution in [0.5, 0.6) is 17.2 Å². The number of hydrogen-bond donors (Lipinski definition) is 2. The first-order valence-corrected chi connectivity index (χ1v) is 10.5. The van der Waals surface area contributed by atoms with E-state index in [0.717, 1.165) is 19.3 Å². The molecule has 0 aliphatic carbocycles. The highest BCUT2D eigenvalue weighted by Crippen LogP contribution is 2.40. The van der Waals surface area contributed by atoms with E-state index in [9.17, 15) is 8.42 Å². The number of piperidine rings is 1. The van der Waals surface area contributed by atoms with Crippen molar-refractivity contribution in [3.8, 4) is 17.2 Å². The van der Waals surface area contributed by atoms with Gasteiger partial charge in [0.15, 0.2) is 11.5 Å². The fourth-order valence-corrected chi connectivity index (χ4v) is 4.26. The first-order valence-electron chi connectivity index (χ1n) is 9.02. The van der Waals surface area contributed by atoms with Gasteiger partial charge in [0.1, 0.15) is 0 Å². The molecule has 0 amide bonds. The van der Waals surface area contributed by atoms with E-state index in [0.29, 0.717) is 29.5 Å². The van der Waals surface area contributed by atoms with Gasteiger partial charge in [0.05, 0.1) is 27.0 Å². The highest BCUT2D eigenvalue weighted by atomic mass is 32.2. The van der Waals surface area contributed by atoms with Crippen LogP contribution in [0, 0.1) is 0 Å². The van der Waals surface area contributed by atoms with E-state index in [-0.39, 0.29) is 12.5 Å². The van der Waals surface area contributed by atoms with Gasteiger partial charge in [-0.15, -0.1) is 0 Å². The molecule has 1 aromatic rings. The average molecular weight is 421 g/mol. The van der Waals surface area contributed by atoms with E-state index in [1.807, 2.05) is 20.8 Å². The van der Waals surface area contributed by atoms with Crippen molar-refractivity contribution in [2.45, 2.75) is 46.1 Å². The zero-order chi connectivity index (χ0) is 21.7. The van der Waals surface area contributed by atoms with Crippen molar-refractivity contribution < 1.29 is 32.5 Å². The quantitative estimate of drug-likeness (QED) is 0.680. The van der Waals surface area contributed by atoms with E-state index in [1.165, 1.54) is 25.6 Å². The lowest BCUT2D eigenvalue weighted by Gasteiger charge is -2.32. The maximum absolute atomic E-state index is 12.6. The van der Waals surface area contributed by atoms with Gasteiger partial charge in [-0.1, -0.05) is 20.3 Å². The summed E-state index contributed by atoms with van der Waals surface area (Å²) >= 11 is 0. The van der Waals surface area contributed by atoms with E-state index in [4.69, 9.17) is 24.1 Å². The first kappa shape index (κ1) is 25.8. The molecular formula is C18H32N2O7S. The molecule has 1 heterocycles. The van der Waals surface area contributed by atoms with Gasteiger partial charge in [0.25, 0.3) is 6.47 Å². The van der Waals surface area contributed by atoms with Crippen LogP contribution in [0.4, 0.5) is 5.69 Å². The summed E-state index contributed by atoms with van der Waals surface area (Å²) < 4.78 is 45.1. The molecule has 2 N–H and O–H groups in total. The Balaban J connectivity index is 0.00000133. The number of anilines is 1. The average Bonchev–Trinajstić information content (AvgIpc) is 2.69. The Labute approximate surface area is 167 Å². The smallest absolute Gasteiger partial charge is 0.301 e. The predicted octanol–water partition coefficient (Wildman–Crippen LogP) is 2.97. The Morgan fingerprint density at radius 3 is 2.00 bits per heavy atom. The molecule has 28 heavy (non-hydrogen) atoms. The monoisotopic (exact) mass is 420 g/mol. The Morgan fingerprint density at radius 1 is 1.11 bits per heavy atom. The van der Waals surface area contributed by atoms with Crippen LogP contribution in [0.25, 0.3) is 0 Å². The zero-order valence-electron chi connectivity index (χ0n) is 17.4. The number of rotatable bonds is 6. The number of ether oxygens (including phenoxy) is 3. The van der Waals surface area contributed by atoms with Crippen molar-refractivity contribution in [3.63, 3.8) is 0 Å². The van der Waals surface area contributed by atoms with E-state index in [1.54, 1.807) is 12.1 Å². The van der Waals surface area contributed by atoms with Crippen molar-refractivity contribution in [2.75, 3.05) is 32.6 Å². The van der Waals surface area contributed by atoms with Crippen LogP contribution in [-0.4, -0.2) is 58.2 Å². The van der Waals surface area contributed by atoms with Crippen LogP contribution >= 0.6 is 0 Å². The van der Waals surface area contributed by atoms with Crippen molar-refractivity contribution in [2.24, 2.45) is 0 Å². The number of nitrogens with one attached hydrogen (secondary N) is 1. The fourth-order valence-electron chi connectivity index (χ4n) is 2.78. The number of carbonyl (C=O) groups is 1. The Hall–Kier alpha value is -2.20. The molecule has 2 rings (SSSR count). The SMILES string of the molecule is CC.COc1cc(NS(=O)(=O)N2CCCCC2C)cc(OC)c1OC.O=CO. The molecular weight excluding hydrogens is 388 g/mol. The minimum Gasteiger partial charge on any atom is -0.493 e. The summed E-state index contributed by atoms with van der Waals surface area (Å²) in [6.07, 6.45) is 2.80. The third-order valence-electron chi connectivity index (χ3n) is 3.96. The summed E-state index contributed by atoms with van der Waals surface area (Å²) in [5.74, 6) is 1.22. The molecule has 9 nitrogen and oxygen atoms in total. The number of nitrogens with zero attached hydrogens (tertiary/aromatic N) is 1. The summed E-state index contributed by atoms with van der Waals surface area (Å²) in [5.41, 5.74) is 0.372. The Morgan fingerprint density at radius 2 is 1.61 bits per heavy atom. The van der Waals surface area contributed by atoms with Crippen molar-refractivity contribution in [3.05, 3.63) is 12.1 Å². The highest BCUT2D eigenvalue weighted by molar-refractivity contribution is 7.90. The fraction of sp³-hybridized carbons (Fsp3) is 0.611. The topological polar surface area (TPSA) is 114 Å². The van der Waals surface area contributed by atoms with E-state index < -0.39 is 10.2 Å². The third-order valence-corrected chi connectivity index (χ3v) is 5.62. The molecule has 1 aromatic carbocycles. The van der Waals surface area contributed by atoms with Crippen LogP contribution < -0.4 is 18.9 Å². The summed E-state index contributed by atoms with van der Waals surface area (Å²) in [6, 6.07) is 3.14. The molecule has 1 unspecified atom stereocenters. The molecule has 1 aliphatic heterocycles. The third kappa shape index (κ3) is 7.08. The lowest BCUT2D eigenvalue weighted by atomic mass is 10.1. The molecule has 0 aromatic heterocycles. The zero-order valence-corrected chi connectivity index (χ0v) is 18.2. The summed E-state index contributed by atoms with van der Waals surface area (Å²) in [6.45, 7) is 6.20. The second-order valence-electron chi connectivity index (χ2n) is 5.58. The van der Waals surface area contributed by atoms with E-state index >= 15 is 0 Å². The summed E-state index contributed by atoms with van der Waals surface area (Å²) in [5, 5.41) is 6.89. The van der Waals surface area contributed by atoms with Crippen LogP contribution in [0.3, 0.4) is 0 Å². The first-order chi connectivity index (χ1) is 13.3. The molecule has 0 saturated carbocycles. The predicted molar refractivity (Wildman–Crippen MR) is 109 cm³/mol. The van der Waals surface area contributed by atoms with Crippen LogP contribution in [-0.2, 0) is 15.0 Å². The Kier molecular flexibility index (Phi) is 12.0. The molecule has 1 atom stereocenters. The molecule has 0 spiro atoms. The van der Waals surface area contributed by atoms with Gasteiger partial charge in [-0.05, 0) is 19.8 Å². The molecule has 1 aliphatic rings. The second kappa shape index (κ2) is 13.1. The van der Waals surface area contributed by atoms with Crippen molar-refractivity contribution >= 4 is 22.4 Å². The van der Waals surface area contributed by atoms with Gasteiger partial charge in [-0.2, -0.15) is 12.7 Å². The lowest BCUT2D eigenvalue weighted by Crippen LogP contribution is -2.44. The number of hydrogen-bond acceptors (Lipinski definition) is 6. The van der Waals surface area contributed by atoms with Gasteiger partial charge in [-0.25, -0.2) is 0 Å². The van der Waals surface area contributed by atoms with Gasteiger partial charge < -0.3 is 19.3 Å². The van der Waals surface area contributed by atoms with Gasteiger partial charge in [-0.3, -0.25) is 9.52 Å². The lowest BCUT2D eigenvalue weighted by molar-refractivity contribution is -0.122. The van der Waals surface area contributed by atoms with Crippen LogP contribution in [0.2, 0.25) is 0 Å². The molecule has 1 fully saturated rings. The van der Waals surface area contributed by atoms with Crippen molar-refractivity contribution in [1.82, 2.24) is 4.31 Å². The molecule has 0 radical (unpaired) electrons. The summed E-state index contributed by atoms with van der Waals surface area (Å²) in [4.78, 5) is 8.36. The summed E-state index contributed by atoms with van der Waals surface area (Å²) in [7, 11) is 0.853. The number of methoxy groups -OCH3 is 3. The van der Waals surface area contributed by atoms with E-state index in [2.05, 4.69) is 4.72 Å². The normalized spacial score (nSPS) is 16.4. The molecule has 1 saturated heterocycles. The maximum atomic E-state index is 12.6. The van der Waals surface area contributed by atoms with Crippen LogP contribution in [0.15, 0.2) is 12.1 Å². The molecule has 0 bridgehead atoms. The molecule has 10 heteroatoms. The maximum Gasteiger partial charge on any atom is 0.301 e. The number of benzene rings is 1. The van der Waals surface area contributed by atoms with Gasteiger partial charge >= 0.3 is 10.2 Å². The molecule has 162 valence electrons. The highest BCUT2D eigenvalue weighted by Gasteiger charge is 2.30. The van der Waals surface area contributed by atoms with Gasteiger partial charge in [0.2, 0.25) is 5.75 Å². The number of carboxylic acid groups (broad SMARTS) is 1. The second-order valence-corrected chi connectivity index (χ2v) is 7.21. The minimum absolute atomic E-state index is 0.0108. The van der Waals surface area contributed by atoms with Crippen molar-refractivity contribution in [1.29, 1.82) is 0 Å².